The van der Waals surface area contributed by atoms with Gasteiger partial charge >= 0.3 is 42.7 Å². The highest BCUT2D eigenvalue weighted by Crippen LogP contribution is 2.66. The van der Waals surface area contributed by atoms with Crippen molar-refractivity contribution in [3.63, 3.8) is 0 Å². The fourth-order valence-electron chi connectivity index (χ4n) is 9.96. The van der Waals surface area contributed by atoms with Gasteiger partial charge in [-0.15, -0.1) is 0 Å². The second-order valence-corrected chi connectivity index (χ2v) is 20.0. The molecule has 0 spiro atoms. The molecule has 3 heterocycles. The van der Waals surface area contributed by atoms with Gasteiger partial charge in [0.25, 0.3) is 0 Å². The maximum absolute atomic E-state index is 13.9. The first-order valence-corrected chi connectivity index (χ1v) is 23.0. The van der Waals surface area contributed by atoms with Crippen molar-refractivity contribution in [3.05, 3.63) is 29.3 Å². The largest absolute Gasteiger partial charge is 0.496 e. The number of aliphatic carboxylic acids is 1. The number of benzene rings is 1. The maximum atomic E-state index is 13.9. The highest BCUT2D eigenvalue weighted by atomic mass is 16.7. The number of para-hydroxylation sites is 1. The number of carbonyl (C=O) groups is 9. The Balaban J connectivity index is 0.000000381. The van der Waals surface area contributed by atoms with Gasteiger partial charge in [0.15, 0.2) is 0 Å². The highest BCUT2D eigenvalue weighted by molar-refractivity contribution is 6.48. The van der Waals surface area contributed by atoms with Crippen LogP contribution in [0.4, 0.5) is 0 Å². The molecule has 3 saturated heterocycles. The van der Waals surface area contributed by atoms with Crippen LogP contribution < -0.4 is 4.74 Å². The molecule has 7 rings (SSSR count). The zero-order valence-electron chi connectivity index (χ0n) is 40.3. The molecule has 66 heavy (non-hydrogen) atoms. The molecule has 0 radical (unpaired) electrons. The average Bonchev–Trinajstić information content (AvgIpc) is 3.61. The van der Waals surface area contributed by atoms with E-state index in [4.69, 9.17) is 23.9 Å². The van der Waals surface area contributed by atoms with E-state index in [2.05, 4.69) is 20.8 Å². The van der Waals surface area contributed by atoms with Gasteiger partial charge in [-0.2, -0.15) is 0 Å². The molecule has 362 valence electrons. The summed E-state index contributed by atoms with van der Waals surface area (Å²) in [7, 11) is 0.804. The zero-order chi connectivity index (χ0) is 49.2. The standard InChI is InChI=1S/C36H51BN2O9.C11H16N2O5/c1-10-38-14-15-39(32(43)31(38)42)29(41)16-21(2)26(40)20-24(37-47-28-19-23-18-27(35(23,6)7)36(28,8)48-37)17-22-12-11-13-25(30(22)45-9)33(44)46-34(3,4)5;1-3-12-4-5-13(10(16)9(12)15)8(14)6-7(2)11(17)18/h11-13,21,23-24,27-28H,10,14-20H2,1-9H3;7H,3-6H2,1-2H3,(H,17,18)/t21-,23+,24+,27-,28?,36-;7-/m00/s1. The molecule has 3 aliphatic carbocycles. The molecular formula is C47H67BN4O14. The van der Waals surface area contributed by atoms with Crippen molar-refractivity contribution in [3.8, 4) is 5.75 Å². The molecule has 1 aromatic carbocycles. The molecule has 3 aliphatic heterocycles. The minimum absolute atomic E-state index is 0.0374. The summed E-state index contributed by atoms with van der Waals surface area (Å²) in [5.74, 6) is -6.89. The number of hydrogen-bond donors (Lipinski definition) is 1. The SMILES string of the molecule is CCN1CCN(C(=O)C[C@H](C)C(=O)C[C@@H](Cc2cccc(C(=O)OC(C)(C)C)c2OC)B2OC3C[C@H]4C[C@@H](C4(C)C)[C@]3(C)O2)C(=O)C1=O.CCN1CCN(C(=O)C[C@H](C)C(=O)O)C(=O)C1=O. The van der Waals surface area contributed by atoms with Gasteiger partial charge in [0.1, 0.15) is 22.7 Å². The maximum Gasteiger partial charge on any atom is 0.461 e. The van der Waals surface area contributed by atoms with E-state index in [1.807, 2.05) is 6.07 Å². The van der Waals surface area contributed by atoms with E-state index in [-0.39, 0.29) is 61.8 Å². The summed E-state index contributed by atoms with van der Waals surface area (Å²) in [4.78, 5) is 115. The van der Waals surface area contributed by atoms with Crippen LogP contribution in [0.25, 0.3) is 0 Å². The van der Waals surface area contributed by atoms with E-state index in [1.165, 1.54) is 23.8 Å². The molecule has 7 atom stereocenters. The number of methoxy groups -OCH3 is 1. The van der Waals surface area contributed by atoms with Crippen molar-refractivity contribution in [2.75, 3.05) is 46.4 Å². The Hall–Kier alpha value is -5.17. The van der Waals surface area contributed by atoms with E-state index >= 15 is 0 Å². The minimum Gasteiger partial charge on any atom is -0.496 e. The monoisotopic (exact) mass is 922 g/mol. The third kappa shape index (κ3) is 10.8. The first-order valence-electron chi connectivity index (χ1n) is 23.0. The molecule has 6 aliphatic rings. The molecule has 1 unspecified atom stereocenters. The van der Waals surface area contributed by atoms with Crippen molar-refractivity contribution in [2.24, 2.45) is 29.1 Å². The number of imide groups is 2. The van der Waals surface area contributed by atoms with Crippen LogP contribution in [0.15, 0.2) is 18.2 Å². The average molecular weight is 923 g/mol. The van der Waals surface area contributed by atoms with Crippen LogP contribution in [-0.2, 0) is 58.8 Å². The molecule has 18 nitrogen and oxygen atoms in total. The van der Waals surface area contributed by atoms with Crippen LogP contribution in [0.2, 0.25) is 5.82 Å². The number of Topliss-reactive ketones (excluding diaryl/α,β-unsaturated/α-hetero) is 1. The number of rotatable bonds is 15. The first kappa shape index (κ1) is 51.8. The lowest BCUT2D eigenvalue weighted by atomic mass is 9.43. The lowest BCUT2D eigenvalue weighted by molar-refractivity contribution is -0.199. The number of hydrogen-bond acceptors (Lipinski definition) is 13. The van der Waals surface area contributed by atoms with E-state index in [1.54, 1.807) is 53.7 Å². The van der Waals surface area contributed by atoms with Crippen LogP contribution >= 0.6 is 0 Å². The lowest BCUT2D eigenvalue weighted by Gasteiger charge is -2.64. The van der Waals surface area contributed by atoms with Crippen LogP contribution in [0, 0.1) is 29.1 Å². The number of carbonyl (C=O) groups excluding carboxylic acids is 8. The number of amides is 6. The van der Waals surface area contributed by atoms with Gasteiger partial charge in [0.2, 0.25) is 11.8 Å². The lowest BCUT2D eigenvalue weighted by Crippen LogP contribution is -2.65. The third-order valence-corrected chi connectivity index (χ3v) is 14.1. The number of carboxylic acid groups (broad SMARTS) is 1. The van der Waals surface area contributed by atoms with Gasteiger partial charge in [-0.1, -0.05) is 39.8 Å². The Morgan fingerprint density at radius 1 is 0.818 bits per heavy atom. The van der Waals surface area contributed by atoms with E-state index in [0.29, 0.717) is 49.2 Å². The Kier molecular flexibility index (Phi) is 16.0. The third-order valence-electron chi connectivity index (χ3n) is 14.1. The Labute approximate surface area is 387 Å². The normalized spacial score (nSPS) is 25.0. The van der Waals surface area contributed by atoms with Crippen molar-refractivity contribution < 1.29 is 67.0 Å². The fourth-order valence-corrected chi connectivity index (χ4v) is 9.96. The molecule has 19 heteroatoms. The summed E-state index contributed by atoms with van der Waals surface area (Å²) in [6.45, 7) is 20.3. The Morgan fingerprint density at radius 3 is 1.85 bits per heavy atom. The zero-order valence-corrected chi connectivity index (χ0v) is 40.3. The molecule has 1 aromatic rings. The molecule has 1 N–H and O–H groups in total. The van der Waals surface area contributed by atoms with Crippen LogP contribution in [0.5, 0.6) is 5.75 Å². The minimum atomic E-state index is -1.10. The van der Waals surface area contributed by atoms with Crippen LogP contribution in [0.3, 0.4) is 0 Å². The quantitative estimate of drug-likeness (QED) is 0.150. The van der Waals surface area contributed by atoms with Gasteiger partial charge in [0, 0.05) is 70.3 Å². The molecule has 3 saturated carbocycles. The Morgan fingerprint density at radius 2 is 1.36 bits per heavy atom. The summed E-state index contributed by atoms with van der Waals surface area (Å²) in [5, 5.41) is 8.70. The second kappa shape index (κ2) is 20.4. The van der Waals surface area contributed by atoms with Crippen molar-refractivity contribution in [2.45, 2.75) is 131 Å². The molecule has 2 bridgehead atoms. The predicted molar refractivity (Wildman–Crippen MR) is 238 cm³/mol. The first-order chi connectivity index (χ1) is 30.8. The van der Waals surface area contributed by atoms with Gasteiger partial charge in [-0.3, -0.25) is 48.2 Å². The summed E-state index contributed by atoms with van der Waals surface area (Å²) in [6, 6.07) is 5.28. The van der Waals surface area contributed by atoms with E-state index in [9.17, 15) is 43.2 Å². The topological polar surface area (TPSA) is 224 Å². The Bertz CT molecular complexity index is 2100. The van der Waals surface area contributed by atoms with Gasteiger partial charge < -0.3 is 33.7 Å². The van der Waals surface area contributed by atoms with Gasteiger partial charge in [0.05, 0.1) is 24.7 Å². The molecule has 0 aromatic heterocycles. The number of likely N-dealkylation sites (N-methyl/N-ethyl adjacent to an activating group) is 2. The number of ketones is 1. The van der Waals surface area contributed by atoms with Crippen molar-refractivity contribution >= 4 is 60.3 Å². The predicted octanol–water partition coefficient (Wildman–Crippen LogP) is 3.81. The van der Waals surface area contributed by atoms with Gasteiger partial charge in [-0.25, -0.2) is 4.79 Å². The summed E-state index contributed by atoms with van der Waals surface area (Å²) >= 11 is 0. The second-order valence-electron chi connectivity index (χ2n) is 20.0. The number of ether oxygens (including phenoxy) is 2. The number of esters is 1. The number of nitrogens with zero attached hydrogens (tertiary/aromatic N) is 4. The van der Waals surface area contributed by atoms with E-state index < -0.39 is 83.4 Å². The van der Waals surface area contributed by atoms with Crippen LogP contribution in [-0.4, -0.2) is 149 Å². The molecule has 6 amide bonds. The summed E-state index contributed by atoms with van der Waals surface area (Å²) in [5.41, 5.74) is -0.0731. The number of piperazine rings is 2. The molecular weight excluding hydrogens is 855 g/mol. The smallest absolute Gasteiger partial charge is 0.461 e. The van der Waals surface area contributed by atoms with Crippen LogP contribution in [0.1, 0.15) is 117 Å². The van der Waals surface area contributed by atoms with Gasteiger partial charge in [-0.05, 0) is 89.7 Å². The summed E-state index contributed by atoms with van der Waals surface area (Å²) in [6.07, 6.45) is 1.74. The fraction of sp³-hybridized carbons (Fsp3) is 0.681. The van der Waals surface area contributed by atoms with Crippen molar-refractivity contribution in [1.82, 2.24) is 19.6 Å². The molecule has 6 fully saturated rings. The summed E-state index contributed by atoms with van der Waals surface area (Å²) < 4.78 is 24.9. The van der Waals surface area contributed by atoms with Crippen molar-refractivity contribution in [1.29, 1.82) is 0 Å². The highest BCUT2D eigenvalue weighted by Gasteiger charge is 2.68. The van der Waals surface area contributed by atoms with E-state index in [0.717, 1.165) is 22.6 Å². The number of carboxylic acids is 1.